The molecule has 0 N–H and O–H groups in total. The van der Waals surface area contributed by atoms with E-state index in [0.29, 0.717) is 11.4 Å². The first-order valence-corrected chi connectivity index (χ1v) is 10.9. The minimum absolute atomic E-state index is 0.0199. The van der Waals surface area contributed by atoms with Crippen LogP contribution in [0.5, 0.6) is 0 Å². The number of rotatable bonds is 1. The largest absolute Gasteiger partial charge is 0.307 e. The fourth-order valence-corrected chi connectivity index (χ4v) is 5.68. The van der Waals surface area contributed by atoms with Crippen LogP contribution in [0.1, 0.15) is 10.4 Å². The highest BCUT2D eigenvalue weighted by Crippen LogP contribution is 2.54. The average molecular weight is 417 g/mol. The zero-order chi connectivity index (χ0) is 20.5. The lowest BCUT2D eigenvalue weighted by atomic mass is 10.0. The number of imidazole rings is 1. The second-order valence-corrected chi connectivity index (χ2v) is 8.72. The van der Waals surface area contributed by atoms with Gasteiger partial charge in [-0.25, -0.2) is 4.98 Å². The van der Waals surface area contributed by atoms with Crippen molar-refractivity contribution in [3.05, 3.63) is 96.6 Å². The third kappa shape index (κ3) is 2.21. The lowest BCUT2D eigenvalue weighted by Gasteiger charge is -2.33. The maximum atomic E-state index is 13.4. The zero-order valence-electron chi connectivity index (χ0n) is 16.3. The Hall–Kier alpha value is -3.83. The number of carbonyl (C=O) groups excluding carboxylic acids is 1. The van der Waals surface area contributed by atoms with E-state index in [4.69, 9.17) is 4.98 Å². The van der Waals surface area contributed by atoms with E-state index < -0.39 is 0 Å². The summed E-state index contributed by atoms with van der Waals surface area (Å²) >= 11 is 1.77. The first-order chi connectivity index (χ1) is 15.3. The molecule has 0 spiro atoms. The molecule has 0 atom stereocenters. The number of benzene rings is 4. The highest BCUT2D eigenvalue weighted by Gasteiger charge is 2.35. The number of fused-ring (bicyclic) bond motifs is 7. The fourth-order valence-electron chi connectivity index (χ4n) is 4.62. The molecular formula is C26H15N3OS. The first kappa shape index (κ1) is 16.9. The van der Waals surface area contributed by atoms with Gasteiger partial charge in [-0.05, 0) is 48.5 Å². The van der Waals surface area contributed by atoms with Crippen molar-refractivity contribution in [3.63, 3.8) is 0 Å². The van der Waals surface area contributed by atoms with Crippen LogP contribution in [0.4, 0.5) is 17.1 Å². The molecular weight excluding hydrogens is 402 g/mol. The summed E-state index contributed by atoms with van der Waals surface area (Å²) in [7, 11) is 0. The molecule has 3 heterocycles. The Balaban J connectivity index is 1.56. The predicted octanol–water partition coefficient (Wildman–Crippen LogP) is 6.64. The van der Waals surface area contributed by atoms with Crippen molar-refractivity contribution in [2.45, 2.75) is 9.79 Å². The van der Waals surface area contributed by atoms with Gasteiger partial charge in [0.25, 0.3) is 5.91 Å². The molecule has 2 aliphatic heterocycles. The molecule has 0 saturated heterocycles. The Labute approximate surface area is 182 Å². The quantitative estimate of drug-likeness (QED) is 0.300. The molecule has 0 unspecified atom stereocenters. The van der Waals surface area contributed by atoms with Crippen LogP contribution >= 0.6 is 11.8 Å². The molecule has 5 aromatic rings. The van der Waals surface area contributed by atoms with Crippen molar-refractivity contribution in [1.82, 2.24) is 9.55 Å². The van der Waals surface area contributed by atoms with E-state index in [0.717, 1.165) is 33.7 Å². The first-order valence-electron chi connectivity index (χ1n) is 10.1. The Kier molecular flexibility index (Phi) is 3.32. The van der Waals surface area contributed by atoms with Crippen LogP contribution in [-0.4, -0.2) is 15.5 Å². The van der Waals surface area contributed by atoms with Crippen LogP contribution in [0.15, 0.2) is 101 Å². The van der Waals surface area contributed by atoms with Crippen LogP contribution in [0, 0.1) is 0 Å². The van der Waals surface area contributed by atoms with Gasteiger partial charge in [0, 0.05) is 9.79 Å². The normalized spacial score (nSPS) is 13.7. The molecule has 0 radical (unpaired) electrons. The molecule has 0 bridgehead atoms. The number of nitrogens with zero attached hydrogens (tertiary/aromatic N) is 3. The number of carbonyl (C=O) groups is 1. The lowest BCUT2D eigenvalue weighted by Crippen LogP contribution is -2.15. The predicted molar refractivity (Wildman–Crippen MR) is 124 cm³/mol. The van der Waals surface area contributed by atoms with Crippen LogP contribution < -0.4 is 4.90 Å². The highest BCUT2D eigenvalue weighted by molar-refractivity contribution is 7.99. The Bertz CT molecular complexity index is 1510. The molecule has 0 saturated carbocycles. The summed E-state index contributed by atoms with van der Waals surface area (Å²) in [4.78, 5) is 22.9. The van der Waals surface area contributed by atoms with E-state index in [9.17, 15) is 4.79 Å². The molecule has 4 nitrogen and oxygen atoms in total. The van der Waals surface area contributed by atoms with Crippen molar-refractivity contribution in [2.75, 3.05) is 4.90 Å². The average Bonchev–Trinajstić information content (AvgIpc) is 3.33. The molecule has 0 aliphatic carbocycles. The van der Waals surface area contributed by atoms with Gasteiger partial charge in [-0.15, -0.1) is 0 Å². The van der Waals surface area contributed by atoms with Crippen LogP contribution in [0.3, 0.4) is 0 Å². The molecule has 1 aromatic heterocycles. The van der Waals surface area contributed by atoms with E-state index in [1.54, 1.807) is 16.3 Å². The van der Waals surface area contributed by atoms with Crippen LogP contribution in [0.25, 0.3) is 22.4 Å². The van der Waals surface area contributed by atoms with E-state index in [1.165, 1.54) is 9.79 Å². The third-order valence-corrected chi connectivity index (χ3v) is 7.06. The van der Waals surface area contributed by atoms with Gasteiger partial charge in [-0.2, -0.15) is 0 Å². The van der Waals surface area contributed by atoms with Gasteiger partial charge in [0.05, 0.1) is 39.2 Å². The van der Waals surface area contributed by atoms with E-state index in [2.05, 4.69) is 59.5 Å². The second-order valence-electron chi connectivity index (χ2n) is 7.64. The second kappa shape index (κ2) is 6.09. The zero-order valence-corrected chi connectivity index (χ0v) is 17.1. The summed E-state index contributed by atoms with van der Waals surface area (Å²) in [5.41, 5.74) is 6.46. The maximum absolute atomic E-state index is 13.4. The smallest absolute Gasteiger partial charge is 0.264 e. The summed E-state index contributed by atoms with van der Waals surface area (Å²) in [5, 5.41) is 0. The summed E-state index contributed by atoms with van der Waals surface area (Å²) in [5.74, 6) is 0.693. The van der Waals surface area contributed by atoms with Gasteiger partial charge >= 0.3 is 0 Å². The minimum Gasteiger partial charge on any atom is -0.307 e. The topological polar surface area (TPSA) is 38.1 Å². The number of hydrogen-bond acceptors (Lipinski definition) is 4. The van der Waals surface area contributed by atoms with Crippen molar-refractivity contribution < 1.29 is 4.79 Å². The third-order valence-electron chi connectivity index (χ3n) is 5.93. The summed E-state index contributed by atoms with van der Waals surface area (Å²) in [6.45, 7) is 0. The fraction of sp³-hybridized carbons (Fsp3) is 0. The van der Waals surface area contributed by atoms with Gasteiger partial charge in [-0.1, -0.05) is 54.2 Å². The number of para-hydroxylation sites is 4. The van der Waals surface area contributed by atoms with Crippen molar-refractivity contribution in [3.8, 4) is 11.4 Å². The summed E-state index contributed by atoms with van der Waals surface area (Å²) in [6.07, 6.45) is 0. The van der Waals surface area contributed by atoms with Gasteiger partial charge in [0.2, 0.25) is 0 Å². The number of hydrogen-bond donors (Lipinski definition) is 0. The molecule has 5 heteroatoms. The van der Waals surface area contributed by atoms with Gasteiger partial charge in [0.1, 0.15) is 0 Å². The van der Waals surface area contributed by atoms with E-state index in [-0.39, 0.29) is 5.91 Å². The molecule has 0 amide bonds. The van der Waals surface area contributed by atoms with Crippen LogP contribution in [0.2, 0.25) is 0 Å². The summed E-state index contributed by atoms with van der Waals surface area (Å²) in [6, 6.07) is 30.6. The van der Waals surface area contributed by atoms with Gasteiger partial charge < -0.3 is 4.90 Å². The van der Waals surface area contributed by atoms with E-state index >= 15 is 0 Å². The number of aromatic nitrogens is 2. The van der Waals surface area contributed by atoms with Crippen molar-refractivity contribution in [1.29, 1.82) is 0 Å². The Morgan fingerprint density at radius 1 is 0.677 bits per heavy atom. The molecule has 7 rings (SSSR count). The SMILES string of the molecule is O=C1c2cccc(N3c4ccccc4Sc4ccccc43)c2-c2nc3ccccc3n21. The molecule has 2 aliphatic rings. The maximum Gasteiger partial charge on any atom is 0.264 e. The lowest BCUT2D eigenvalue weighted by molar-refractivity contribution is 0.0973. The highest BCUT2D eigenvalue weighted by atomic mass is 32.2. The van der Waals surface area contributed by atoms with Crippen LogP contribution in [-0.2, 0) is 0 Å². The Morgan fingerprint density at radius 3 is 2.10 bits per heavy atom. The van der Waals surface area contributed by atoms with E-state index in [1.807, 2.05) is 36.4 Å². The minimum atomic E-state index is -0.0199. The summed E-state index contributed by atoms with van der Waals surface area (Å²) < 4.78 is 1.75. The molecule has 4 aromatic carbocycles. The molecule has 146 valence electrons. The molecule has 0 fully saturated rings. The Morgan fingerprint density at radius 2 is 1.32 bits per heavy atom. The van der Waals surface area contributed by atoms with Crippen molar-refractivity contribution in [2.24, 2.45) is 0 Å². The van der Waals surface area contributed by atoms with Gasteiger partial charge in [0.15, 0.2) is 5.82 Å². The van der Waals surface area contributed by atoms with Crippen molar-refractivity contribution >= 4 is 45.8 Å². The molecule has 31 heavy (non-hydrogen) atoms. The van der Waals surface area contributed by atoms with Gasteiger partial charge in [-0.3, -0.25) is 9.36 Å². The standard InChI is InChI=1S/C26H15N3OS/c30-26-16-8-7-13-21(24(16)25-27-17-9-1-2-10-18(17)29(25)26)28-19-11-3-5-14-22(19)31-23-15-6-4-12-20(23)28/h1-15H. The number of anilines is 3. The monoisotopic (exact) mass is 417 g/mol.